The Bertz CT molecular complexity index is 632. The zero-order valence-electron chi connectivity index (χ0n) is 15.8. The maximum absolute atomic E-state index is 13.9. The van der Waals surface area contributed by atoms with Gasteiger partial charge < -0.3 is 9.64 Å². The highest BCUT2D eigenvalue weighted by molar-refractivity contribution is 9.10. The van der Waals surface area contributed by atoms with Gasteiger partial charge in [0.05, 0.1) is 4.47 Å². The molecule has 1 saturated heterocycles. The number of carbonyl (C=O) groups is 1. The average molecular weight is 415 g/mol. The van der Waals surface area contributed by atoms with E-state index in [1.54, 1.807) is 17.0 Å². The lowest BCUT2D eigenvalue weighted by atomic mass is 10.0. The van der Waals surface area contributed by atoms with E-state index in [0.717, 1.165) is 12.1 Å². The smallest absolute Gasteiger partial charge is 0.410 e. The number of ether oxygens (including phenoxy) is 1. The fourth-order valence-corrected chi connectivity index (χ4v) is 3.48. The lowest BCUT2D eigenvalue weighted by molar-refractivity contribution is -0.0184. The van der Waals surface area contributed by atoms with E-state index in [2.05, 4.69) is 34.7 Å². The monoisotopic (exact) mass is 414 g/mol. The zero-order chi connectivity index (χ0) is 18.9. The minimum absolute atomic E-state index is 0.0359. The highest BCUT2D eigenvalue weighted by Crippen LogP contribution is 2.29. The van der Waals surface area contributed by atoms with Gasteiger partial charge in [0.1, 0.15) is 11.4 Å². The molecule has 1 aliphatic heterocycles. The Morgan fingerprint density at radius 2 is 1.92 bits per heavy atom. The van der Waals surface area contributed by atoms with Gasteiger partial charge in [-0.2, -0.15) is 0 Å². The third kappa shape index (κ3) is 4.94. The van der Waals surface area contributed by atoms with Crippen LogP contribution in [0.15, 0.2) is 22.7 Å². The predicted octanol–water partition coefficient (Wildman–Crippen LogP) is 4.98. The van der Waals surface area contributed by atoms with Crippen LogP contribution in [0.4, 0.5) is 9.18 Å². The first kappa shape index (κ1) is 20.2. The molecule has 1 fully saturated rings. The van der Waals surface area contributed by atoms with Crippen LogP contribution in [0.1, 0.15) is 53.1 Å². The molecule has 1 heterocycles. The Balaban J connectivity index is 2.10. The number of amides is 1. The van der Waals surface area contributed by atoms with Gasteiger partial charge in [-0.1, -0.05) is 6.07 Å². The molecule has 0 aromatic heterocycles. The Morgan fingerprint density at radius 1 is 1.28 bits per heavy atom. The molecule has 25 heavy (non-hydrogen) atoms. The van der Waals surface area contributed by atoms with E-state index in [4.69, 9.17) is 4.74 Å². The lowest BCUT2D eigenvalue weighted by Crippen LogP contribution is -2.59. The van der Waals surface area contributed by atoms with E-state index in [0.29, 0.717) is 11.0 Å². The summed E-state index contributed by atoms with van der Waals surface area (Å²) >= 11 is 3.20. The molecule has 140 valence electrons. The summed E-state index contributed by atoms with van der Waals surface area (Å²) in [6.07, 6.45) is -0.270. The molecule has 3 atom stereocenters. The normalized spacial score (nSPS) is 23.4. The summed E-state index contributed by atoms with van der Waals surface area (Å²) in [5, 5.41) is 0. The number of nitrogens with zero attached hydrogens (tertiary/aromatic N) is 2. The molecule has 0 aliphatic carbocycles. The predicted molar refractivity (Wildman–Crippen MR) is 101 cm³/mol. The van der Waals surface area contributed by atoms with Crippen molar-refractivity contribution in [2.24, 2.45) is 0 Å². The van der Waals surface area contributed by atoms with Crippen LogP contribution in [0.5, 0.6) is 0 Å². The van der Waals surface area contributed by atoms with E-state index >= 15 is 0 Å². The summed E-state index contributed by atoms with van der Waals surface area (Å²) in [6, 6.07) is 5.52. The molecule has 0 bridgehead atoms. The molecule has 0 radical (unpaired) electrons. The number of halogens is 2. The summed E-state index contributed by atoms with van der Waals surface area (Å²) in [6.45, 7) is 13.1. The maximum Gasteiger partial charge on any atom is 0.410 e. The summed E-state index contributed by atoms with van der Waals surface area (Å²) in [4.78, 5) is 16.5. The molecule has 1 aromatic carbocycles. The van der Waals surface area contributed by atoms with E-state index in [9.17, 15) is 9.18 Å². The highest BCUT2D eigenvalue weighted by atomic mass is 79.9. The van der Waals surface area contributed by atoms with E-state index < -0.39 is 5.60 Å². The molecular weight excluding hydrogens is 387 g/mol. The zero-order valence-corrected chi connectivity index (χ0v) is 17.4. The quantitative estimate of drug-likeness (QED) is 0.683. The molecule has 4 nitrogen and oxygen atoms in total. The summed E-state index contributed by atoms with van der Waals surface area (Å²) in [5.74, 6) is -0.252. The van der Waals surface area contributed by atoms with Crippen molar-refractivity contribution in [3.05, 3.63) is 34.1 Å². The first-order valence-electron chi connectivity index (χ1n) is 8.70. The van der Waals surface area contributed by atoms with Crippen molar-refractivity contribution in [1.29, 1.82) is 0 Å². The van der Waals surface area contributed by atoms with E-state index in [-0.39, 0.29) is 30.0 Å². The summed E-state index contributed by atoms with van der Waals surface area (Å²) in [7, 11) is 0. The standard InChI is InChI=1S/C19H28BrFN2O2/c1-12-11-23(18(24)25-19(4,5)6)13(2)10-22(12)14(3)15-7-8-16(20)17(21)9-15/h7-9,12-14H,10-11H2,1-6H3/t12-,13+,14?/m1/s1. The second-order valence-electron chi connectivity index (χ2n) is 7.88. The van der Waals surface area contributed by atoms with Crippen molar-refractivity contribution in [2.75, 3.05) is 13.1 Å². The molecule has 1 aromatic rings. The van der Waals surface area contributed by atoms with Gasteiger partial charge in [0.2, 0.25) is 0 Å². The molecule has 0 N–H and O–H groups in total. The van der Waals surface area contributed by atoms with Crippen LogP contribution in [-0.2, 0) is 4.74 Å². The molecular formula is C19H28BrFN2O2. The third-order valence-corrected chi connectivity index (χ3v) is 5.23. The van der Waals surface area contributed by atoms with Crippen LogP contribution >= 0.6 is 15.9 Å². The Labute approximate surface area is 158 Å². The fraction of sp³-hybridized carbons (Fsp3) is 0.632. The van der Waals surface area contributed by atoms with Crippen LogP contribution in [0.2, 0.25) is 0 Å². The molecule has 6 heteroatoms. The van der Waals surface area contributed by atoms with Crippen LogP contribution < -0.4 is 0 Å². The van der Waals surface area contributed by atoms with Gasteiger partial charge in [-0.05, 0) is 75.2 Å². The van der Waals surface area contributed by atoms with Gasteiger partial charge in [-0.15, -0.1) is 0 Å². The average Bonchev–Trinajstić information content (AvgIpc) is 2.49. The summed E-state index contributed by atoms with van der Waals surface area (Å²) in [5.41, 5.74) is 0.435. The van der Waals surface area contributed by atoms with Crippen LogP contribution in [0.25, 0.3) is 0 Å². The Kier molecular flexibility index (Phi) is 6.15. The topological polar surface area (TPSA) is 32.8 Å². The first-order valence-corrected chi connectivity index (χ1v) is 9.49. The van der Waals surface area contributed by atoms with Crippen molar-refractivity contribution >= 4 is 22.0 Å². The van der Waals surface area contributed by atoms with Gasteiger partial charge in [-0.25, -0.2) is 9.18 Å². The van der Waals surface area contributed by atoms with E-state index in [1.165, 1.54) is 0 Å². The van der Waals surface area contributed by atoms with Crippen molar-refractivity contribution in [2.45, 2.75) is 65.3 Å². The largest absolute Gasteiger partial charge is 0.444 e. The summed E-state index contributed by atoms with van der Waals surface area (Å²) < 4.78 is 19.9. The Hall–Kier alpha value is -1.14. The van der Waals surface area contributed by atoms with Gasteiger partial charge in [0.15, 0.2) is 0 Å². The second kappa shape index (κ2) is 7.62. The van der Waals surface area contributed by atoms with Gasteiger partial charge in [0, 0.05) is 31.2 Å². The third-order valence-electron chi connectivity index (χ3n) is 4.59. The fourth-order valence-electron chi connectivity index (χ4n) is 3.23. The van der Waals surface area contributed by atoms with Crippen LogP contribution in [0, 0.1) is 5.82 Å². The number of carbonyl (C=O) groups excluding carboxylic acids is 1. The molecule has 0 saturated carbocycles. The lowest BCUT2D eigenvalue weighted by Gasteiger charge is -2.46. The molecule has 1 aliphatic rings. The van der Waals surface area contributed by atoms with Gasteiger partial charge >= 0.3 is 6.09 Å². The van der Waals surface area contributed by atoms with Crippen molar-refractivity contribution in [3.63, 3.8) is 0 Å². The van der Waals surface area contributed by atoms with Crippen LogP contribution in [-0.4, -0.2) is 46.7 Å². The molecule has 0 spiro atoms. The number of hydrogen-bond acceptors (Lipinski definition) is 3. The second-order valence-corrected chi connectivity index (χ2v) is 8.73. The minimum Gasteiger partial charge on any atom is -0.444 e. The van der Waals surface area contributed by atoms with Gasteiger partial charge in [0.25, 0.3) is 0 Å². The number of rotatable bonds is 2. The van der Waals surface area contributed by atoms with Crippen molar-refractivity contribution < 1.29 is 13.9 Å². The number of piperazine rings is 1. The SMILES string of the molecule is CC(c1ccc(Br)c(F)c1)N1C[C@H](C)N(C(=O)OC(C)(C)C)C[C@H]1C. The first-order chi connectivity index (χ1) is 11.5. The molecule has 1 unspecified atom stereocenters. The highest BCUT2D eigenvalue weighted by Gasteiger charge is 2.36. The van der Waals surface area contributed by atoms with Crippen molar-refractivity contribution in [3.8, 4) is 0 Å². The van der Waals surface area contributed by atoms with E-state index in [1.807, 2.05) is 33.8 Å². The molecule has 2 rings (SSSR count). The van der Waals surface area contributed by atoms with Crippen molar-refractivity contribution in [1.82, 2.24) is 9.80 Å². The van der Waals surface area contributed by atoms with Gasteiger partial charge in [-0.3, -0.25) is 4.90 Å². The number of benzene rings is 1. The maximum atomic E-state index is 13.9. The minimum atomic E-state index is -0.501. The molecule has 1 amide bonds. The number of hydrogen-bond donors (Lipinski definition) is 0. The van der Waals surface area contributed by atoms with Crippen LogP contribution in [0.3, 0.4) is 0 Å². The Morgan fingerprint density at radius 3 is 2.48 bits per heavy atom.